The van der Waals surface area contributed by atoms with Crippen LogP contribution in [0.3, 0.4) is 0 Å². The molecule has 3 aliphatic rings. The molecule has 0 saturated carbocycles. The minimum atomic E-state index is -3.32. The van der Waals surface area contributed by atoms with E-state index >= 15 is 0 Å². The number of ether oxygens (including phenoxy) is 1. The van der Waals surface area contributed by atoms with Gasteiger partial charge in [0.1, 0.15) is 66.1 Å². The van der Waals surface area contributed by atoms with Crippen molar-refractivity contribution in [3.63, 3.8) is 0 Å². The van der Waals surface area contributed by atoms with Gasteiger partial charge in [0.2, 0.25) is 29.4 Å². The summed E-state index contributed by atoms with van der Waals surface area (Å²) in [5, 5.41) is 122. The molecule has 0 bridgehead atoms. The maximum absolute atomic E-state index is 14.4. The molecule has 0 spiro atoms. The number of aromatic hydroxyl groups is 1. The number of rotatable bonds is 15. The molecule has 74 heavy (non-hydrogen) atoms. The van der Waals surface area contributed by atoms with Gasteiger partial charge in [-0.25, -0.2) is 0 Å². The third-order valence-electron chi connectivity index (χ3n) is 13.5. The van der Waals surface area contributed by atoms with Crippen molar-refractivity contribution in [1.82, 2.24) is 36.4 Å². The highest BCUT2D eigenvalue weighted by Crippen LogP contribution is 2.34. The van der Waals surface area contributed by atoms with Crippen LogP contribution >= 0.6 is 0 Å². The Kier molecular flexibility index (Phi) is 20.6. The number of nitrogens with zero attached hydrogens (tertiary/aromatic N) is 2. The predicted molar refractivity (Wildman–Crippen MR) is 258 cm³/mol. The zero-order valence-corrected chi connectivity index (χ0v) is 41.6. The number of carbonyl (C=O) groups excluding carboxylic acids is 7. The molecule has 410 valence electrons. The number of hydrogen-bond acceptors (Lipinski definition) is 18. The van der Waals surface area contributed by atoms with E-state index < -0.39 is 158 Å². The van der Waals surface area contributed by atoms with E-state index in [1.54, 1.807) is 0 Å². The molecule has 15 atom stereocenters. The standard InChI is InChI=1S/C49H71N7O18/c1-5-6-7-8-9-10-19-74-31-17-13-28(14-18-31)41(65)50-32-21-34(61)44(68)54-48(72)49(73)40(64)24(2)22-56(49)47(71)36(26(4)58)52-45(69)37(39(63)38(62)27-11-15-29(59)16-12-27)53-43(67)33-20-30(60)23-55(33)46(70)35(25(3)57)51-42(32)66/h11-18,24-26,30,32-40,44,57-64,68,73H,5-10,19-23H2,1-4H3,(H,50,65)(H,51,66)(H,52,69)(H,53,67)(H,54,72)/t24-,25+,26+,30+,32-,33-,34+,35-,36-,37-,38-,39-,40-,44+,49+/m0/s1. The second-order valence-electron chi connectivity index (χ2n) is 19.3. The second-order valence-corrected chi connectivity index (χ2v) is 19.3. The summed E-state index contributed by atoms with van der Waals surface area (Å²) in [5.74, 6) is -10.2. The Morgan fingerprint density at radius 1 is 0.743 bits per heavy atom. The van der Waals surface area contributed by atoms with Crippen LogP contribution in [0.1, 0.15) is 101 Å². The number of phenols is 1. The van der Waals surface area contributed by atoms with Crippen molar-refractivity contribution in [3.8, 4) is 11.5 Å². The minimum absolute atomic E-state index is 0.0303. The van der Waals surface area contributed by atoms with Crippen LogP contribution in [0.2, 0.25) is 0 Å². The number of hydrogen-bond donors (Lipinski definition) is 15. The Bertz CT molecular complexity index is 2270. The van der Waals surface area contributed by atoms with Gasteiger partial charge in [-0.3, -0.25) is 33.6 Å². The fraction of sp³-hybridized carbons (Fsp3) is 0.612. The van der Waals surface area contributed by atoms with Crippen molar-refractivity contribution in [3.05, 3.63) is 59.7 Å². The van der Waals surface area contributed by atoms with E-state index in [2.05, 4.69) is 28.2 Å². The lowest BCUT2D eigenvalue weighted by Crippen LogP contribution is -2.68. The summed E-state index contributed by atoms with van der Waals surface area (Å²) in [7, 11) is 0. The molecule has 2 aromatic rings. The van der Waals surface area contributed by atoms with Crippen LogP contribution in [0.25, 0.3) is 0 Å². The van der Waals surface area contributed by atoms with Crippen molar-refractivity contribution in [2.24, 2.45) is 5.92 Å². The number of unbranched alkanes of at least 4 members (excludes halogenated alkanes) is 5. The molecule has 25 nitrogen and oxygen atoms in total. The molecule has 0 aliphatic carbocycles. The number of phenolic OH excluding ortho intramolecular Hbond substituents is 1. The topological polar surface area (TPSA) is 398 Å². The van der Waals surface area contributed by atoms with Crippen LogP contribution in [-0.2, 0) is 28.8 Å². The van der Waals surface area contributed by atoms with Gasteiger partial charge in [-0.1, -0.05) is 58.1 Å². The summed E-state index contributed by atoms with van der Waals surface area (Å²) in [4.78, 5) is 100. The van der Waals surface area contributed by atoms with Gasteiger partial charge in [0.25, 0.3) is 17.7 Å². The van der Waals surface area contributed by atoms with Crippen molar-refractivity contribution >= 4 is 41.4 Å². The highest BCUT2D eigenvalue weighted by Gasteiger charge is 2.60. The number of fused-ring (bicyclic) bond motifs is 2. The summed E-state index contributed by atoms with van der Waals surface area (Å²) in [6, 6.07) is 0.227. The van der Waals surface area contributed by atoms with Crippen molar-refractivity contribution in [2.45, 2.75) is 164 Å². The Hall–Kier alpha value is -6.03. The SMILES string of the molecule is CCCCCCCCOc1ccc(C(=O)N[C@H]2C[C@@H](O)[C@@H](O)NC(=O)[C@]3(O)[C@@H](O)[C@@H](C)CN3C(=O)[C@H]([C@@H](C)O)NC(=O)[C@H]([C@H](O)[C@@H](O)c3ccc(O)cc3)NC(=O)[C@@H]3C[C@@H](O)CN3C(=O)[C@H]([C@@H](C)O)NC2=O)cc1. The highest BCUT2D eigenvalue weighted by molar-refractivity contribution is 6.00. The number of aliphatic hydroxyl groups excluding tert-OH is 8. The van der Waals surface area contributed by atoms with E-state index in [1.165, 1.54) is 43.3 Å². The largest absolute Gasteiger partial charge is 0.508 e. The Balaban J connectivity index is 1.53. The van der Waals surface area contributed by atoms with E-state index in [-0.39, 0.29) is 16.9 Å². The molecule has 0 aromatic heterocycles. The predicted octanol–water partition coefficient (Wildman–Crippen LogP) is -3.77. The second kappa shape index (κ2) is 26.0. The lowest BCUT2D eigenvalue weighted by atomic mass is 9.96. The lowest BCUT2D eigenvalue weighted by molar-refractivity contribution is -0.188. The first-order valence-electron chi connectivity index (χ1n) is 24.7. The Morgan fingerprint density at radius 3 is 1.95 bits per heavy atom. The number of amides is 7. The van der Waals surface area contributed by atoms with Gasteiger partial charge in [0, 0.05) is 37.4 Å². The van der Waals surface area contributed by atoms with E-state index in [9.17, 15) is 84.6 Å². The van der Waals surface area contributed by atoms with E-state index in [1.807, 2.05) is 5.32 Å². The van der Waals surface area contributed by atoms with Crippen molar-refractivity contribution in [2.75, 3.05) is 19.7 Å². The Labute approximate surface area is 426 Å². The van der Waals surface area contributed by atoms with Gasteiger partial charge < -0.3 is 92.2 Å². The van der Waals surface area contributed by atoms with E-state index in [0.717, 1.165) is 69.4 Å². The van der Waals surface area contributed by atoms with Crippen LogP contribution < -0.4 is 31.3 Å². The van der Waals surface area contributed by atoms with E-state index in [4.69, 9.17) is 4.74 Å². The van der Waals surface area contributed by atoms with Crippen LogP contribution in [0, 0.1) is 5.92 Å². The van der Waals surface area contributed by atoms with Crippen molar-refractivity contribution in [1.29, 1.82) is 0 Å². The third-order valence-corrected chi connectivity index (χ3v) is 13.5. The smallest absolute Gasteiger partial charge is 0.278 e. The molecule has 5 rings (SSSR count). The zero-order valence-electron chi connectivity index (χ0n) is 41.6. The average Bonchev–Trinajstić information content (AvgIpc) is 3.87. The molecule has 2 aromatic carbocycles. The number of carbonyl (C=O) groups is 7. The van der Waals surface area contributed by atoms with Gasteiger partial charge >= 0.3 is 0 Å². The molecule has 3 saturated heterocycles. The first kappa shape index (κ1) is 58.9. The number of nitrogens with one attached hydrogen (secondary N) is 5. The van der Waals surface area contributed by atoms with Gasteiger partial charge in [0.05, 0.1) is 24.9 Å². The first-order valence-corrected chi connectivity index (χ1v) is 24.7. The molecule has 3 fully saturated rings. The van der Waals surface area contributed by atoms with Gasteiger partial charge in [-0.2, -0.15) is 0 Å². The maximum atomic E-state index is 14.4. The zero-order chi connectivity index (χ0) is 54.8. The Morgan fingerprint density at radius 2 is 1.32 bits per heavy atom. The number of benzene rings is 2. The fourth-order valence-corrected chi connectivity index (χ4v) is 9.09. The molecule has 3 aliphatic heterocycles. The molecule has 0 radical (unpaired) electrons. The van der Waals surface area contributed by atoms with Crippen LogP contribution in [0.4, 0.5) is 0 Å². The highest BCUT2D eigenvalue weighted by atomic mass is 16.5. The maximum Gasteiger partial charge on any atom is 0.278 e. The summed E-state index contributed by atoms with van der Waals surface area (Å²) in [6.07, 6.45) is -11.6. The normalized spacial score (nSPS) is 30.3. The van der Waals surface area contributed by atoms with Crippen LogP contribution in [0.5, 0.6) is 11.5 Å². The summed E-state index contributed by atoms with van der Waals surface area (Å²) in [5.41, 5.74) is -3.45. The molecule has 7 amide bonds. The molecule has 3 heterocycles. The number of aliphatic hydroxyl groups is 9. The van der Waals surface area contributed by atoms with Crippen LogP contribution in [0.15, 0.2) is 48.5 Å². The first-order chi connectivity index (χ1) is 34.9. The van der Waals surface area contributed by atoms with Crippen LogP contribution in [-0.4, -0.2) is 201 Å². The molecular formula is C49H71N7O18. The molecular weight excluding hydrogens is 975 g/mol. The minimum Gasteiger partial charge on any atom is -0.508 e. The lowest BCUT2D eigenvalue weighted by Gasteiger charge is -2.38. The molecule has 15 N–H and O–H groups in total. The monoisotopic (exact) mass is 1050 g/mol. The third kappa shape index (κ3) is 14.0. The van der Waals surface area contributed by atoms with Crippen molar-refractivity contribution < 1.29 is 89.4 Å². The average molecular weight is 1050 g/mol. The summed E-state index contributed by atoms with van der Waals surface area (Å²) < 4.78 is 5.80. The van der Waals surface area contributed by atoms with Gasteiger partial charge in [-0.05, 0) is 62.2 Å². The quantitative estimate of drug-likeness (QED) is 0.0762. The molecule has 25 heteroatoms. The van der Waals surface area contributed by atoms with Gasteiger partial charge in [-0.15, -0.1) is 0 Å². The molecule has 0 unspecified atom stereocenters. The van der Waals surface area contributed by atoms with E-state index in [0.29, 0.717) is 17.3 Å². The summed E-state index contributed by atoms with van der Waals surface area (Å²) >= 11 is 0. The van der Waals surface area contributed by atoms with Gasteiger partial charge in [0.15, 0.2) is 6.23 Å². The fourth-order valence-electron chi connectivity index (χ4n) is 9.09. The summed E-state index contributed by atoms with van der Waals surface area (Å²) in [6.45, 7) is 4.70.